The van der Waals surface area contributed by atoms with Gasteiger partial charge in [0.05, 0.1) is 11.4 Å². The molecule has 0 atom stereocenters. The molecule has 3 rings (SSSR count). The summed E-state index contributed by atoms with van der Waals surface area (Å²) in [5.41, 5.74) is 3.33. The molecule has 0 saturated carbocycles. The van der Waals surface area contributed by atoms with Crippen LogP contribution in [0, 0.1) is 0 Å². The molecular weight excluding hydrogens is 438 g/mol. The first kappa shape index (κ1) is 24.1. The maximum Gasteiger partial charge on any atom is 0.328 e. The minimum absolute atomic E-state index is 0.0480. The Morgan fingerprint density at radius 1 is 0.970 bits per heavy atom. The topological polar surface area (TPSA) is 66.8 Å². The first-order valence-electron chi connectivity index (χ1n) is 10.6. The van der Waals surface area contributed by atoms with Crippen LogP contribution in [0.25, 0.3) is 6.08 Å². The molecule has 5 nitrogen and oxygen atoms in total. The lowest BCUT2D eigenvalue weighted by Crippen LogP contribution is -2.30. The van der Waals surface area contributed by atoms with Gasteiger partial charge in [0.15, 0.2) is 0 Å². The summed E-state index contributed by atoms with van der Waals surface area (Å²) in [6, 6.07) is 23.0. The SMILES string of the molecule is CN(CCc1ccccc1)C(=O)Cc1cc(Cl)c(OCc2ccccc2)c(C=CC(=O)O)c1. The number of carbonyl (C=O) groups is 2. The Balaban J connectivity index is 1.73. The molecular formula is C27H26ClNO4. The smallest absolute Gasteiger partial charge is 0.328 e. The number of carboxylic acid groups (broad SMARTS) is 1. The van der Waals surface area contributed by atoms with Gasteiger partial charge in [-0.05, 0) is 41.3 Å². The van der Waals surface area contributed by atoms with Crippen LogP contribution in [-0.4, -0.2) is 35.5 Å². The Hall–Kier alpha value is -3.57. The monoisotopic (exact) mass is 463 g/mol. The van der Waals surface area contributed by atoms with Crippen LogP contribution < -0.4 is 4.74 Å². The van der Waals surface area contributed by atoms with Gasteiger partial charge in [0.1, 0.15) is 12.4 Å². The molecule has 0 unspecified atom stereocenters. The van der Waals surface area contributed by atoms with Crippen LogP contribution in [0.1, 0.15) is 22.3 Å². The van der Waals surface area contributed by atoms with Crippen molar-refractivity contribution in [2.24, 2.45) is 0 Å². The standard InChI is InChI=1S/C27H26ClNO4/c1-29(15-14-20-8-4-2-5-9-20)25(30)18-22-16-23(12-13-26(31)32)27(24(28)17-22)33-19-21-10-6-3-7-11-21/h2-13,16-17H,14-15,18-19H2,1H3,(H,31,32). The number of rotatable bonds is 10. The second kappa shape index (κ2) is 11.9. The normalized spacial score (nSPS) is 10.8. The molecule has 0 heterocycles. The third-order valence-corrected chi connectivity index (χ3v) is 5.40. The van der Waals surface area contributed by atoms with Gasteiger partial charge in [-0.25, -0.2) is 4.79 Å². The zero-order valence-electron chi connectivity index (χ0n) is 18.4. The predicted octanol–water partition coefficient (Wildman–Crippen LogP) is 5.26. The summed E-state index contributed by atoms with van der Waals surface area (Å²) in [7, 11) is 1.77. The molecule has 3 aromatic rings. The second-order valence-electron chi connectivity index (χ2n) is 7.67. The lowest BCUT2D eigenvalue weighted by Gasteiger charge is -2.18. The zero-order chi connectivity index (χ0) is 23.6. The molecule has 0 aromatic heterocycles. The molecule has 0 aliphatic carbocycles. The average molecular weight is 464 g/mol. The second-order valence-corrected chi connectivity index (χ2v) is 8.08. The van der Waals surface area contributed by atoms with E-state index in [0.717, 1.165) is 18.1 Å². The largest absolute Gasteiger partial charge is 0.487 e. The molecule has 3 aromatic carbocycles. The van der Waals surface area contributed by atoms with Gasteiger partial charge >= 0.3 is 5.97 Å². The van der Waals surface area contributed by atoms with E-state index >= 15 is 0 Å². The van der Waals surface area contributed by atoms with Crippen LogP contribution in [0.3, 0.4) is 0 Å². The number of carboxylic acids is 1. The summed E-state index contributed by atoms with van der Waals surface area (Å²) in [4.78, 5) is 25.5. The third-order valence-electron chi connectivity index (χ3n) is 5.12. The number of aliphatic carboxylic acids is 1. The van der Waals surface area contributed by atoms with E-state index in [1.54, 1.807) is 24.1 Å². The van der Waals surface area contributed by atoms with Crippen LogP contribution in [-0.2, 0) is 29.0 Å². The Morgan fingerprint density at radius 2 is 1.61 bits per heavy atom. The van der Waals surface area contributed by atoms with E-state index in [0.29, 0.717) is 28.4 Å². The summed E-state index contributed by atoms with van der Waals surface area (Å²) < 4.78 is 5.91. The van der Waals surface area contributed by atoms with Crippen molar-refractivity contribution >= 4 is 29.6 Å². The number of ether oxygens (including phenoxy) is 1. The van der Waals surface area contributed by atoms with Gasteiger partial charge in [0.25, 0.3) is 0 Å². The summed E-state index contributed by atoms with van der Waals surface area (Å²) >= 11 is 6.49. The summed E-state index contributed by atoms with van der Waals surface area (Å²) in [6.45, 7) is 0.885. The highest BCUT2D eigenvalue weighted by Crippen LogP contribution is 2.32. The maximum absolute atomic E-state index is 12.8. The third kappa shape index (κ3) is 7.51. The number of carbonyl (C=O) groups excluding carboxylic acids is 1. The Bertz CT molecular complexity index is 1110. The van der Waals surface area contributed by atoms with Crippen molar-refractivity contribution in [3.05, 3.63) is 106 Å². The molecule has 0 fully saturated rings. The summed E-state index contributed by atoms with van der Waals surface area (Å²) in [5.74, 6) is -0.748. The number of hydrogen-bond donors (Lipinski definition) is 1. The minimum atomic E-state index is -1.08. The fourth-order valence-electron chi connectivity index (χ4n) is 3.32. The van der Waals surface area contributed by atoms with E-state index in [2.05, 4.69) is 0 Å². The molecule has 33 heavy (non-hydrogen) atoms. The molecule has 6 heteroatoms. The van der Waals surface area contributed by atoms with Gasteiger partial charge in [-0.15, -0.1) is 0 Å². The molecule has 0 bridgehead atoms. The number of amides is 1. The van der Waals surface area contributed by atoms with E-state index in [1.165, 1.54) is 11.6 Å². The molecule has 0 aliphatic heterocycles. The van der Waals surface area contributed by atoms with Crippen molar-refractivity contribution < 1.29 is 19.4 Å². The molecule has 0 saturated heterocycles. The summed E-state index contributed by atoms with van der Waals surface area (Å²) in [6.07, 6.45) is 3.38. The number of benzene rings is 3. The highest BCUT2D eigenvalue weighted by molar-refractivity contribution is 6.32. The van der Waals surface area contributed by atoms with Crippen molar-refractivity contribution in [1.29, 1.82) is 0 Å². The van der Waals surface area contributed by atoms with E-state index in [1.807, 2.05) is 60.7 Å². The van der Waals surface area contributed by atoms with Crippen molar-refractivity contribution in [2.75, 3.05) is 13.6 Å². The maximum atomic E-state index is 12.8. The molecule has 1 amide bonds. The van der Waals surface area contributed by atoms with E-state index in [4.69, 9.17) is 21.4 Å². The van der Waals surface area contributed by atoms with Gasteiger partial charge in [-0.3, -0.25) is 4.79 Å². The molecule has 0 spiro atoms. The lowest BCUT2D eigenvalue weighted by molar-refractivity contribution is -0.131. The zero-order valence-corrected chi connectivity index (χ0v) is 19.2. The molecule has 170 valence electrons. The fourth-order valence-corrected chi connectivity index (χ4v) is 3.62. The number of likely N-dealkylation sites (N-methyl/N-ethyl adjacent to an activating group) is 1. The van der Waals surface area contributed by atoms with Gasteiger partial charge in [0, 0.05) is 25.2 Å². The Kier molecular flexibility index (Phi) is 8.67. The van der Waals surface area contributed by atoms with Crippen LogP contribution in [0.15, 0.2) is 78.9 Å². The van der Waals surface area contributed by atoms with Crippen LogP contribution in [0.5, 0.6) is 5.75 Å². The van der Waals surface area contributed by atoms with Crippen LogP contribution in [0.2, 0.25) is 5.02 Å². The number of halogens is 1. The number of hydrogen-bond acceptors (Lipinski definition) is 3. The van der Waals surface area contributed by atoms with Gasteiger partial charge in [-0.1, -0.05) is 72.3 Å². The molecule has 0 aliphatic rings. The number of nitrogens with zero attached hydrogens (tertiary/aromatic N) is 1. The van der Waals surface area contributed by atoms with Gasteiger partial charge in [-0.2, -0.15) is 0 Å². The van der Waals surface area contributed by atoms with Gasteiger partial charge < -0.3 is 14.7 Å². The van der Waals surface area contributed by atoms with Crippen molar-refractivity contribution in [3.8, 4) is 5.75 Å². The first-order chi connectivity index (χ1) is 15.9. The highest BCUT2D eigenvalue weighted by Gasteiger charge is 2.15. The summed E-state index contributed by atoms with van der Waals surface area (Å²) in [5, 5.41) is 9.39. The predicted molar refractivity (Wildman–Crippen MR) is 130 cm³/mol. The quantitative estimate of drug-likeness (QED) is 0.416. The fraction of sp³-hybridized carbons (Fsp3) is 0.185. The van der Waals surface area contributed by atoms with E-state index in [-0.39, 0.29) is 18.9 Å². The van der Waals surface area contributed by atoms with E-state index < -0.39 is 5.97 Å². The van der Waals surface area contributed by atoms with Crippen molar-refractivity contribution in [2.45, 2.75) is 19.4 Å². The Labute approximate surface area is 198 Å². The Morgan fingerprint density at radius 3 is 2.24 bits per heavy atom. The molecule has 0 radical (unpaired) electrons. The lowest BCUT2D eigenvalue weighted by atomic mass is 10.1. The van der Waals surface area contributed by atoms with Crippen molar-refractivity contribution in [1.82, 2.24) is 4.90 Å². The first-order valence-corrected chi connectivity index (χ1v) is 11.0. The van der Waals surface area contributed by atoms with Gasteiger partial charge in [0.2, 0.25) is 5.91 Å². The van der Waals surface area contributed by atoms with Crippen LogP contribution in [0.4, 0.5) is 0 Å². The van der Waals surface area contributed by atoms with Crippen LogP contribution >= 0.6 is 11.6 Å². The highest BCUT2D eigenvalue weighted by atomic mass is 35.5. The molecule has 1 N–H and O–H groups in total. The minimum Gasteiger partial charge on any atom is -0.487 e. The average Bonchev–Trinajstić information content (AvgIpc) is 2.81. The van der Waals surface area contributed by atoms with Crippen molar-refractivity contribution in [3.63, 3.8) is 0 Å². The van der Waals surface area contributed by atoms with E-state index in [9.17, 15) is 9.59 Å².